The first-order chi connectivity index (χ1) is 8.51. The van der Waals surface area contributed by atoms with Gasteiger partial charge in [-0.15, -0.1) is 0 Å². The second-order valence-corrected chi connectivity index (χ2v) is 3.40. The van der Waals surface area contributed by atoms with Crippen molar-refractivity contribution < 1.29 is 14.1 Å². The van der Waals surface area contributed by atoms with Gasteiger partial charge >= 0.3 is 0 Å². The minimum Gasteiger partial charge on any atom is -0.326 e. The number of carbonyl (C=O) groups excluding carboxylic acids is 1. The largest absolute Gasteiger partial charge is 0.326 e. The summed E-state index contributed by atoms with van der Waals surface area (Å²) >= 11 is 0. The normalized spacial score (nSPS) is 9.61. The van der Waals surface area contributed by atoms with E-state index < -0.39 is 22.2 Å². The fourth-order valence-electron chi connectivity index (χ4n) is 1.37. The van der Waals surface area contributed by atoms with E-state index in [4.69, 9.17) is 5.26 Å². The molecule has 1 aromatic rings. The lowest BCUT2D eigenvalue weighted by Gasteiger charge is -2.17. The van der Waals surface area contributed by atoms with E-state index in [0.29, 0.717) is 0 Å². The third kappa shape index (κ3) is 2.79. The van der Waals surface area contributed by atoms with Gasteiger partial charge in [-0.1, -0.05) is 0 Å². The molecule has 6 nitrogen and oxygen atoms in total. The summed E-state index contributed by atoms with van der Waals surface area (Å²) < 4.78 is 13.5. The molecule has 0 bridgehead atoms. The van der Waals surface area contributed by atoms with Crippen LogP contribution < -0.4 is 0 Å². The third-order valence-electron chi connectivity index (χ3n) is 2.32. The zero-order valence-electron chi connectivity index (χ0n) is 9.59. The number of halogens is 1. The molecule has 7 heteroatoms. The quantitative estimate of drug-likeness (QED) is 0.463. The van der Waals surface area contributed by atoms with Crippen LogP contribution in [0.15, 0.2) is 18.2 Å². The molecule has 0 aromatic heterocycles. The number of rotatable bonds is 4. The molecule has 0 N–H and O–H groups in total. The SMILES string of the molecule is CCN(CC#N)C(=O)c1cc([N+](=O)[O-])ccc1F. The van der Waals surface area contributed by atoms with Crippen molar-refractivity contribution in [3.63, 3.8) is 0 Å². The summed E-state index contributed by atoms with van der Waals surface area (Å²) in [5.41, 5.74) is -0.769. The molecule has 0 aliphatic rings. The first-order valence-corrected chi connectivity index (χ1v) is 5.11. The maximum absolute atomic E-state index is 13.5. The number of benzene rings is 1. The van der Waals surface area contributed by atoms with E-state index in [-0.39, 0.29) is 18.8 Å². The molecule has 1 rings (SSSR count). The molecule has 0 radical (unpaired) electrons. The Balaban J connectivity index is 3.15. The Kier molecular flexibility index (Phi) is 4.32. The van der Waals surface area contributed by atoms with Crippen molar-refractivity contribution >= 4 is 11.6 Å². The lowest BCUT2D eigenvalue weighted by molar-refractivity contribution is -0.384. The number of hydrogen-bond donors (Lipinski definition) is 0. The summed E-state index contributed by atoms with van der Waals surface area (Å²) in [4.78, 5) is 22.8. The summed E-state index contributed by atoms with van der Waals surface area (Å²) in [7, 11) is 0. The predicted molar refractivity (Wildman–Crippen MR) is 60.2 cm³/mol. The van der Waals surface area contributed by atoms with Crippen LogP contribution in [0.25, 0.3) is 0 Å². The Morgan fingerprint density at radius 1 is 1.61 bits per heavy atom. The van der Waals surface area contributed by atoms with Gasteiger partial charge in [0.1, 0.15) is 12.4 Å². The van der Waals surface area contributed by atoms with Crippen molar-refractivity contribution in [3.05, 3.63) is 39.7 Å². The van der Waals surface area contributed by atoms with Crippen LogP contribution >= 0.6 is 0 Å². The molecule has 1 amide bonds. The van der Waals surface area contributed by atoms with E-state index in [9.17, 15) is 19.3 Å². The molecule has 0 saturated carbocycles. The molecule has 18 heavy (non-hydrogen) atoms. The molecule has 1 aromatic carbocycles. The molecule has 0 spiro atoms. The van der Waals surface area contributed by atoms with Crippen LogP contribution in [-0.4, -0.2) is 28.8 Å². The first-order valence-electron chi connectivity index (χ1n) is 5.11. The van der Waals surface area contributed by atoms with Crippen LogP contribution in [0.3, 0.4) is 0 Å². The van der Waals surface area contributed by atoms with E-state index in [0.717, 1.165) is 23.1 Å². The number of nitro benzene ring substituents is 1. The number of carbonyl (C=O) groups is 1. The van der Waals surface area contributed by atoms with Crippen LogP contribution in [0.1, 0.15) is 17.3 Å². The minimum atomic E-state index is -0.845. The van der Waals surface area contributed by atoms with Gasteiger partial charge in [0.25, 0.3) is 11.6 Å². The molecule has 94 valence electrons. The van der Waals surface area contributed by atoms with Crippen molar-refractivity contribution in [3.8, 4) is 6.07 Å². The van der Waals surface area contributed by atoms with Crippen molar-refractivity contribution in [2.24, 2.45) is 0 Å². The van der Waals surface area contributed by atoms with Gasteiger partial charge in [0.2, 0.25) is 0 Å². The van der Waals surface area contributed by atoms with Gasteiger partial charge in [-0.05, 0) is 13.0 Å². The van der Waals surface area contributed by atoms with E-state index in [2.05, 4.69) is 0 Å². The molecule has 0 aliphatic heterocycles. The molecular formula is C11H10FN3O3. The van der Waals surface area contributed by atoms with E-state index >= 15 is 0 Å². The molecule has 0 atom stereocenters. The number of nitriles is 1. The summed E-state index contributed by atoms with van der Waals surface area (Å²) in [5, 5.41) is 19.1. The maximum Gasteiger partial charge on any atom is 0.270 e. The lowest BCUT2D eigenvalue weighted by atomic mass is 10.1. The number of nitro groups is 1. The second-order valence-electron chi connectivity index (χ2n) is 3.40. The number of hydrogen-bond acceptors (Lipinski definition) is 4. The summed E-state index contributed by atoms with van der Waals surface area (Å²) in [6.07, 6.45) is 0. The Bertz CT molecular complexity index is 525. The molecule has 0 unspecified atom stereocenters. The molecule has 0 saturated heterocycles. The Labute approximate surface area is 102 Å². The highest BCUT2D eigenvalue weighted by Gasteiger charge is 2.20. The van der Waals surface area contributed by atoms with Crippen LogP contribution in [0.4, 0.5) is 10.1 Å². The molecular weight excluding hydrogens is 241 g/mol. The van der Waals surface area contributed by atoms with Gasteiger partial charge < -0.3 is 4.90 Å². The number of nitrogens with zero attached hydrogens (tertiary/aromatic N) is 3. The van der Waals surface area contributed by atoms with Gasteiger partial charge in [0.15, 0.2) is 0 Å². The zero-order chi connectivity index (χ0) is 13.7. The van der Waals surface area contributed by atoms with Gasteiger partial charge in [-0.25, -0.2) is 4.39 Å². The minimum absolute atomic E-state index is 0.197. The molecule has 0 heterocycles. The molecule has 0 fully saturated rings. The monoisotopic (exact) mass is 251 g/mol. The Hall–Kier alpha value is -2.49. The fourth-order valence-corrected chi connectivity index (χ4v) is 1.37. The van der Waals surface area contributed by atoms with E-state index in [1.54, 1.807) is 13.0 Å². The first kappa shape index (κ1) is 13.6. The van der Waals surface area contributed by atoms with Gasteiger partial charge in [0, 0.05) is 18.7 Å². The predicted octanol–water partition coefficient (Wildman–Crippen LogP) is 1.72. The number of non-ortho nitro benzene ring substituents is 1. The highest BCUT2D eigenvalue weighted by molar-refractivity contribution is 5.95. The fraction of sp³-hybridized carbons (Fsp3) is 0.273. The van der Waals surface area contributed by atoms with Crippen molar-refractivity contribution in [2.75, 3.05) is 13.1 Å². The molecule has 0 aliphatic carbocycles. The van der Waals surface area contributed by atoms with Gasteiger partial charge in [-0.2, -0.15) is 5.26 Å². The van der Waals surface area contributed by atoms with Crippen LogP contribution in [0.5, 0.6) is 0 Å². The van der Waals surface area contributed by atoms with E-state index in [1.807, 2.05) is 0 Å². The van der Waals surface area contributed by atoms with Crippen LogP contribution in [-0.2, 0) is 0 Å². The van der Waals surface area contributed by atoms with Gasteiger partial charge in [-0.3, -0.25) is 14.9 Å². The zero-order valence-corrected chi connectivity index (χ0v) is 9.59. The maximum atomic E-state index is 13.5. The van der Waals surface area contributed by atoms with Crippen molar-refractivity contribution in [1.82, 2.24) is 4.90 Å². The summed E-state index contributed by atoms with van der Waals surface area (Å²) in [6, 6.07) is 4.49. The average molecular weight is 251 g/mol. The van der Waals surface area contributed by atoms with E-state index in [1.165, 1.54) is 0 Å². The third-order valence-corrected chi connectivity index (χ3v) is 2.32. The van der Waals surface area contributed by atoms with Gasteiger partial charge in [0.05, 0.1) is 16.6 Å². The highest BCUT2D eigenvalue weighted by Crippen LogP contribution is 2.18. The number of amides is 1. The summed E-state index contributed by atoms with van der Waals surface area (Å²) in [6.45, 7) is 1.65. The Morgan fingerprint density at radius 3 is 2.78 bits per heavy atom. The second kappa shape index (κ2) is 5.72. The average Bonchev–Trinajstić information content (AvgIpc) is 2.35. The smallest absolute Gasteiger partial charge is 0.270 e. The van der Waals surface area contributed by atoms with Crippen molar-refractivity contribution in [2.45, 2.75) is 6.92 Å². The lowest BCUT2D eigenvalue weighted by Crippen LogP contribution is -2.31. The highest BCUT2D eigenvalue weighted by atomic mass is 19.1. The Morgan fingerprint density at radius 2 is 2.28 bits per heavy atom. The standard InChI is InChI=1S/C11H10FN3O3/c1-2-14(6-5-13)11(16)9-7-8(15(17)18)3-4-10(9)12/h3-4,7H,2,6H2,1H3. The topological polar surface area (TPSA) is 87.2 Å². The van der Waals surface area contributed by atoms with Crippen LogP contribution in [0, 0.1) is 27.3 Å². The summed E-state index contributed by atoms with van der Waals surface area (Å²) in [5.74, 6) is -1.58. The van der Waals surface area contributed by atoms with Crippen molar-refractivity contribution in [1.29, 1.82) is 5.26 Å². The van der Waals surface area contributed by atoms with Crippen LogP contribution in [0.2, 0.25) is 0 Å².